The minimum atomic E-state index is -1.69. The Bertz CT molecular complexity index is 531. The molecule has 0 radical (unpaired) electrons. The number of esters is 1. The number of fused-ring (bicyclic) bond motifs is 1. The highest BCUT2D eigenvalue weighted by atomic mass is 16.6. The Labute approximate surface area is 131 Å². The maximum absolute atomic E-state index is 12.9. The van der Waals surface area contributed by atoms with E-state index in [-0.39, 0.29) is 30.5 Å². The third-order valence-corrected chi connectivity index (χ3v) is 5.33. The molecule has 0 aromatic rings. The molecular formula is C17H26O5. The Morgan fingerprint density at radius 1 is 1.36 bits per heavy atom. The van der Waals surface area contributed by atoms with Crippen LogP contribution in [0.5, 0.6) is 0 Å². The Hall–Kier alpha value is -1.20. The first-order valence-corrected chi connectivity index (χ1v) is 7.88. The Balaban J connectivity index is 2.60. The molecule has 0 heterocycles. The largest absolute Gasteiger partial charge is 0.459 e. The molecule has 0 unspecified atom stereocenters. The molecule has 2 aliphatic rings. The lowest BCUT2D eigenvalue weighted by Gasteiger charge is -2.42. The van der Waals surface area contributed by atoms with Gasteiger partial charge in [0, 0.05) is 18.4 Å². The first-order valence-electron chi connectivity index (χ1n) is 7.88. The molecule has 0 spiro atoms. The van der Waals surface area contributed by atoms with Crippen molar-refractivity contribution in [1.29, 1.82) is 0 Å². The van der Waals surface area contributed by atoms with Gasteiger partial charge in [-0.25, -0.2) is 0 Å². The number of ether oxygens (including phenoxy) is 1. The number of hydrogen-bond acceptors (Lipinski definition) is 5. The van der Waals surface area contributed by atoms with Crippen LogP contribution in [0.2, 0.25) is 0 Å². The van der Waals surface area contributed by atoms with Gasteiger partial charge in [-0.15, -0.1) is 0 Å². The van der Waals surface area contributed by atoms with Crippen molar-refractivity contribution in [3.05, 3.63) is 11.1 Å². The third kappa shape index (κ3) is 2.40. The second-order valence-corrected chi connectivity index (χ2v) is 7.21. The molecule has 0 aromatic carbocycles. The molecule has 0 aromatic heterocycles. The van der Waals surface area contributed by atoms with E-state index in [1.54, 1.807) is 0 Å². The normalized spacial score (nSPS) is 39.0. The molecule has 124 valence electrons. The minimum absolute atomic E-state index is 0.0320. The number of carbonyl (C=O) groups excluding carboxylic acids is 2. The van der Waals surface area contributed by atoms with Crippen LogP contribution in [0.4, 0.5) is 0 Å². The van der Waals surface area contributed by atoms with Crippen LogP contribution in [0.25, 0.3) is 0 Å². The Morgan fingerprint density at radius 3 is 2.45 bits per heavy atom. The third-order valence-electron chi connectivity index (χ3n) is 5.33. The van der Waals surface area contributed by atoms with Crippen LogP contribution in [-0.2, 0) is 14.3 Å². The van der Waals surface area contributed by atoms with Crippen molar-refractivity contribution in [1.82, 2.24) is 0 Å². The number of ketones is 1. The molecule has 0 bridgehead atoms. The summed E-state index contributed by atoms with van der Waals surface area (Å²) in [5.41, 5.74) is -2.20. The summed E-state index contributed by atoms with van der Waals surface area (Å²) in [5.74, 6) is -0.995. The molecule has 22 heavy (non-hydrogen) atoms. The summed E-state index contributed by atoms with van der Waals surface area (Å²) in [7, 11) is 0. The molecule has 4 atom stereocenters. The fourth-order valence-corrected chi connectivity index (χ4v) is 3.85. The molecule has 0 aliphatic heterocycles. The van der Waals surface area contributed by atoms with E-state index in [1.165, 1.54) is 13.8 Å². The minimum Gasteiger partial charge on any atom is -0.459 e. The van der Waals surface area contributed by atoms with Crippen molar-refractivity contribution in [3.8, 4) is 0 Å². The van der Waals surface area contributed by atoms with Gasteiger partial charge in [-0.05, 0) is 39.0 Å². The number of rotatable bonds is 2. The maximum atomic E-state index is 12.9. The summed E-state index contributed by atoms with van der Waals surface area (Å²) >= 11 is 0. The average molecular weight is 310 g/mol. The van der Waals surface area contributed by atoms with Gasteiger partial charge in [-0.1, -0.05) is 19.4 Å². The first-order chi connectivity index (χ1) is 10.0. The predicted octanol–water partition coefficient (Wildman–Crippen LogP) is 1.76. The van der Waals surface area contributed by atoms with E-state index in [1.807, 2.05) is 20.8 Å². The maximum Gasteiger partial charge on any atom is 0.303 e. The molecule has 0 amide bonds. The molecule has 2 rings (SSSR count). The zero-order chi connectivity index (χ0) is 16.9. The van der Waals surface area contributed by atoms with Gasteiger partial charge in [0.15, 0.2) is 5.78 Å². The predicted molar refractivity (Wildman–Crippen MR) is 81.0 cm³/mol. The van der Waals surface area contributed by atoms with Crippen molar-refractivity contribution in [2.24, 2.45) is 11.8 Å². The van der Waals surface area contributed by atoms with Gasteiger partial charge in [0.1, 0.15) is 17.3 Å². The van der Waals surface area contributed by atoms with E-state index in [0.717, 1.165) is 5.57 Å². The van der Waals surface area contributed by atoms with Crippen molar-refractivity contribution < 1.29 is 24.5 Å². The van der Waals surface area contributed by atoms with Gasteiger partial charge in [-0.3, -0.25) is 9.59 Å². The Kier molecular flexibility index (Phi) is 4.26. The van der Waals surface area contributed by atoms with E-state index in [9.17, 15) is 19.8 Å². The average Bonchev–Trinajstić information content (AvgIpc) is 2.67. The molecule has 1 saturated carbocycles. The summed E-state index contributed by atoms with van der Waals surface area (Å²) in [6.45, 7) is 8.42. The lowest BCUT2D eigenvalue weighted by molar-refractivity contribution is -0.195. The van der Waals surface area contributed by atoms with Crippen LogP contribution in [-0.4, -0.2) is 39.3 Å². The van der Waals surface area contributed by atoms with Crippen molar-refractivity contribution >= 4 is 11.8 Å². The van der Waals surface area contributed by atoms with Gasteiger partial charge < -0.3 is 14.9 Å². The first kappa shape index (κ1) is 17.2. The SMILES string of the molecule is CC(=O)O[C@H]1C[C@@H](C(C)C)C(=O)C2=C(C)CC[C@@]2(O)[C@]1(C)O. The summed E-state index contributed by atoms with van der Waals surface area (Å²) in [4.78, 5) is 24.4. The van der Waals surface area contributed by atoms with Gasteiger partial charge in [-0.2, -0.15) is 0 Å². The summed E-state index contributed by atoms with van der Waals surface area (Å²) in [5, 5.41) is 22.1. The molecule has 1 fully saturated rings. The topological polar surface area (TPSA) is 83.8 Å². The molecule has 5 nitrogen and oxygen atoms in total. The van der Waals surface area contributed by atoms with Gasteiger partial charge in [0.2, 0.25) is 0 Å². The number of Topliss-reactive ketones (excluding diaryl/α,β-unsaturated/α-hetero) is 1. The zero-order valence-electron chi connectivity index (χ0n) is 14.0. The van der Waals surface area contributed by atoms with Crippen molar-refractivity contribution in [2.75, 3.05) is 0 Å². The van der Waals surface area contributed by atoms with Gasteiger partial charge in [0.25, 0.3) is 0 Å². The Morgan fingerprint density at radius 2 is 1.95 bits per heavy atom. The van der Waals surface area contributed by atoms with Crippen LogP contribution in [0.3, 0.4) is 0 Å². The number of allylic oxidation sites excluding steroid dienone is 1. The number of hydrogen-bond donors (Lipinski definition) is 2. The second-order valence-electron chi connectivity index (χ2n) is 7.21. The summed E-state index contributed by atoms with van der Waals surface area (Å²) in [6, 6.07) is 0. The summed E-state index contributed by atoms with van der Waals surface area (Å²) < 4.78 is 5.30. The van der Waals surface area contributed by atoms with E-state index >= 15 is 0 Å². The number of carbonyl (C=O) groups is 2. The van der Waals surface area contributed by atoms with E-state index in [4.69, 9.17) is 4.74 Å². The van der Waals surface area contributed by atoms with Gasteiger partial charge in [0.05, 0.1) is 0 Å². The van der Waals surface area contributed by atoms with Crippen LogP contribution >= 0.6 is 0 Å². The molecule has 0 saturated heterocycles. The fourth-order valence-electron chi connectivity index (χ4n) is 3.85. The fraction of sp³-hybridized carbons (Fsp3) is 0.765. The molecule has 5 heteroatoms. The highest BCUT2D eigenvalue weighted by Gasteiger charge is 2.61. The molecular weight excluding hydrogens is 284 g/mol. The zero-order valence-corrected chi connectivity index (χ0v) is 14.0. The van der Waals surface area contributed by atoms with Crippen LogP contribution in [0.15, 0.2) is 11.1 Å². The lowest BCUT2D eigenvalue weighted by Crippen LogP contribution is -2.59. The van der Waals surface area contributed by atoms with E-state index in [0.29, 0.717) is 12.0 Å². The van der Waals surface area contributed by atoms with Crippen molar-refractivity contribution in [2.45, 2.75) is 71.2 Å². The van der Waals surface area contributed by atoms with Crippen molar-refractivity contribution in [3.63, 3.8) is 0 Å². The van der Waals surface area contributed by atoms with Gasteiger partial charge >= 0.3 is 5.97 Å². The number of aliphatic hydroxyl groups is 2. The smallest absolute Gasteiger partial charge is 0.303 e. The molecule has 2 aliphatic carbocycles. The van der Waals surface area contributed by atoms with Crippen LogP contribution in [0, 0.1) is 11.8 Å². The highest BCUT2D eigenvalue weighted by Crippen LogP contribution is 2.50. The van der Waals surface area contributed by atoms with Crippen LogP contribution < -0.4 is 0 Å². The summed E-state index contributed by atoms with van der Waals surface area (Å²) in [6.07, 6.45) is 0.151. The van der Waals surface area contributed by atoms with Crippen LogP contribution in [0.1, 0.15) is 53.9 Å². The highest BCUT2D eigenvalue weighted by molar-refractivity contribution is 6.01. The standard InChI is InChI=1S/C17H26O5/c1-9(2)12-8-13(22-11(4)18)16(5,20)17(21)7-6-10(3)14(17)15(12)19/h9,12-13,20-21H,6-8H2,1-5H3/t12-,13-,16+,17-/m0/s1. The van der Waals surface area contributed by atoms with E-state index < -0.39 is 23.3 Å². The van der Waals surface area contributed by atoms with E-state index in [2.05, 4.69) is 0 Å². The monoisotopic (exact) mass is 310 g/mol. The lowest BCUT2D eigenvalue weighted by atomic mass is 9.76. The second kappa shape index (κ2) is 5.46. The molecule has 2 N–H and O–H groups in total. The quantitative estimate of drug-likeness (QED) is 0.759.